The molecule has 4 rings (SSSR count). The van der Waals surface area contributed by atoms with Gasteiger partial charge in [0.25, 0.3) is 0 Å². The van der Waals surface area contributed by atoms with E-state index < -0.39 is 5.60 Å². The number of hydrogen-bond acceptors (Lipinski definition) is 7. The highest BCUT2D eigenvalue weighted by molar-refractivity contribution is 14.1. The Labute approximate surface area is 193 Å². The summed E-state index contributed by atoms with van der Waals surface area (Å²) in [6.45, 7) is 8.85. The van der Waals surface area contributed by atoms with Crippen LogP contribution in [-0.4, -0.2) is 58.0 Å². The predicted octanol–water partition coefficient (Wildman–Crippen LogP) is 3.78. The van der Waals surface area contributed by atoms with E-state index in [2.05, 4.69) is 54.1 Å². The van der Waals surface area contributed by atoms with Gasteiger partial charge < -0.3 is 25.6 Å². The fraction of sp³-hybridized carbons (Fsp3) is 0.526. The lowest BCUT2D eigenvalue weighted by molar-refractivity contribution is -0.0453. The van der Waals surface area contributed by atoms with E-state index in [9.17, 15) is 4.79 Å². The van der Waals surface area contributed by atoms with Crippen LogP contribution < -0.4 is 16.0 Å². The molecule has 0 aliphatic carbocycles. The van der Waals surface area contributed by atoms with Gasteiger partial charge in [0.2, 0.25) is 11.9 Å². The van der Waals surface area contributed by atoms with Gasteiger partial charge in [0.05, 0.1) is 10.7 Å². The van der Waals surface area contributed by atoms with E-state index in [0.717, 1.165) is 47.5 Å². The zero-order valence-corrected chi connectivity index (χ0v) is 20.0. The predicted molar refractivity (Wildman–Crippen MR) is 126 cm³/mol. The Morgan fingerprint density at radius 1 is 1.37 bits per heavy atom. The first-order valence-electron chi connectivity index (χ1n) is 9.64. The number of aromatic nitrogens is 3. The maximum atomic E-state index is 12.2. The molecule has 4 N–H and O–H groups in total. The molecule has 1 amide bonds. The summed E-state index contributed by atoms with van der Waals surface area (Å²) in [5.74, 6) is 0.650. The zero-order valence-electron chi connectivity index (χ0n) is 17.1. The number of nitrogens with zero attached hydrogens (tertiary/aromatic N) is 4. The molecule has 0 unspecified atom stereocenters. The Morgan fingerprint density at radius 3 is 2.63 bits per heavy atom. The van der Waals surface area contributed by atoms with Gasteiger partial charge in [0, 0.05) is 41.7 Å². The number of nitrogen functional groups attached to an aromatic ring is 1. The fourth-order valence-electron chi connectivity index (χ4n) is 3.99. The Kier molecular flexibility index (Phi) is 5.41. The molecule has 1 aromatic heterocycles. The minimum atomic E-state index is -0.471. The van der Waals surface area contributed by atoms with Crippen LogP contribution in [0, 0.1) is 5.41 Å². The third-order valence-electron chi connectivity index (χ3n) is 5.12. The maximum Gasteiger partial charge on any atom is 0.410 e. The molecule has 2 aliphatic rings. The molecule has 1 aromatic carbocycles. The molecule has 1 spiro atoms. The van der Waals surface area contributed by atoms with Crippen molar-refractivity contribution in [2.45, 2.75) is 30.8 Å². The number of aromatic amines is 1. The van der Waals surface area contributed by atoms with Crippen molar-refractivity contribution in [3.05, 3.63) is 22.7 Å². The minimum absolute atomic E-state index is 0.136. The Morgan fingerprint density at radius 2 is 2.07 bits per heavy atom. The number of anilines is 4. The highest BCUT2D eigenvalue weighted by Crippen LogP contribution is 2.46. The Hall–Kier alpha value is -1.95. The molecular weight excluding hydrogens is 521 g/mol. The summed E-state index contributed by atoms with van der Waals surface area (Å²) in [4.78, 5) is 20.3. The summed E-state index contributed by atoms with van der Waals surface area (Å²) < 4.78 is 6.27. The number of amides is 1. The van der Waals surface area contributed by atoms with Crippen molar-refractivity contribution in [3.8, 4) is 0 Å². The topological polar surface area (TPSA) is 112 Å². The van der Waals surface area contributed by atoms with Gasteiger partial charge in [-0.25, -0.2) is 9.89 Å². The van der Waals surface area contributed by atoms with Crippen LogP contribution in [-0.2, 0) is 9.16 Å². The summed E-state index contributed by atoms with van der Waals surface area (Å²) in [6.07, 6.45) is -0.235. The van der Waals surface area contributed by atoms with Crippen LogP contribution in [0.4, 0.5) is 28.1 Å². The number of benzene rings is 1. The number of carbonyl (C=O) groups excluding carboxylic acids is 1. The van der Waals surface area contributed by atoms with Crippen LogP contribution in [0.3, 0.4) is 0 Å². The number of nitrogens with two attached hydrogens (primary N) is 1. The number of alkyl halides is 1. The number of halogens is 2. The molecule has 0 atom stereocenters. The first-order valence-corrected chi connectivity index (χ1v) is 11.5. The monoisotopic (exact) mass is 545 g/mol. The molecular formula is C19H25ClIN7O2. The van der Waals surface area contributed by atoms with Gasteiger partial charge >= 0.3 is 6.09 Å². The van der Waals surface area contributed by atoms with E-state index in [-0.39, 0.29) is 17.5 Å². The zero-order chi connectivity index (χ0) is 21.7. The van der Waals surface area contributed by atoms with E-state index in [1.165, 1.54) is 0 Å². The normalized spacial score (nSPS) is 17.5. The molecule has 11 heteroatoms. The van der Waals surface area contributed by atoms with Crippen LogP contribution in [0.1, 0.15) is 26.3 Å². The third kappa shape index (κ3) is 4.25. The smallest absolute Gasteiger partial charge is 0.410 e. The molecule has 30 heavy (non-hydrogen) atoms. The van der Waals surface area contributed by atoms with Crippen molar-refractivity contribution in [3.63, 3.8) is 0 Å². The summed E-state index contributed by atoms with van der Waals surface area (Å²) in [5.41, 5.74) is 8.22. The van der Waals surface area contributed by atoms with Crippen molar-refractivity contribution in [2.75, 3.05) is 42.1 Å². The van der Waals surface area contributed by atoms with Crippen molar-refractivity contribution >= 4 is 63.6 Å². The quantitative estimate of drug-likeness (QED) is 0.396. The van der Waals surface area contributed by atoms with Gasteiger partial charge in [-0.2, -0.15) is 4.98 Å². The summed E-state index contributed by atoms with van der Waals surface area (Å²) in [6, 6.07) is 3.94. The average Bonchev–Trinajstić information content (AvgIpc) is 2.96. The Bertz CT molecular complexity index is 960. The summed E-state index contributed by atoms with van der Waals surface area (Å²) in [7, 11) is 0. The van der Waals surface area contributed by atoms with Gasteiger partial charge in [-0.15, -0.1) is 5.10 Å². The van der Waals surface area contributed by atoms with E-state index >= 15 is 0 Å². The van der Waals surface area contributed by atoms with Gasteiger partial charge in [0.15, 0.2) is 0 Å². The molecule has 0 saturated carbocycles. The van der Waals surface area contributed by atoms with Gasteiger partial charge in [-0.1, -0.05) is 34.2 Å². The largest absolute Gasteiger partial charge is 0.444 e. The number of hydrogen-bond donors (Lipinski definition) is 3. The molecule has 2 fully saturated rings. The number of H-pyrrole nitrogens is 1. The molecule has 2 aromatic rings. The third-order valence-corrected chi connectivity index (χ3v) is 6.23. The molecule has 9 nitrogen and oxygen atoms in total. The maximum absolute atomic E-state index is 12.2. The lowest BCUT2D eigenvalue weighted by atomic mass is 9.72. The van der Waals surface area contributed by atoms with Gasteiger partial charge in [-0.05, 0) is 38.5 Å². The highest BCUT2D eigenvalue weighted by Gasteiger charge is 2.54. The van der Waals surface area contributed by atoms with Crippen molar-refractivity contribution in [1.82, 2.24) is 20.1 Å². The minimum Gasteiger partial charge on any atom is -0.444 e. The second-order valence-electron chi connectivity index (χ2n) is 8.96. The number of nitrogens with one attached hydrogen (secondary N) is 2. The van der Waals surface area contributed by atoms with E-state index in [1.807, 2.05) is 26.8 Å². The SMILES string of the molecule is CC(C)(C)OC(=O)N1CC2(C1)CN(c1c(Cl)cc(Nc3nc(N)n[nH]3)cc1CI)C2. The van der Waals surface area contributed by atoms with Crippen LogP contribution in [0.25, 0.3) is 0 Å². The number of carbonyl (C=O) groups is 1. The van der Waals surface area contributed by atoms with E-state index in [4.69, 9.17) is 22.1 Å². The standard InChI is InChI=1S/C19H25ClIN7O2/c1-18(2,3)30-17(29)28-9-19(10-28)7-27(8-19)14-11(6-21)4-12(5-13(14)20)23-16-24-15(22)25-26-16/h4-5H,6-10H2,1-3H3,(H4,22,23,24,25,26). The lowest BCUT2D eigenvalue weighted by Crippen LogP contribution is -2.73. The van der Waals surface area contributed by atoms with E-state index in [1.54, 1.807) is 4.90 Å². The number of rotatable bonds is 4. The molecule has 0 radical (unpaired) electrons. The molecule has 162 valence electrons. The van der Waals surface area contributed by atoms with Crippen molar-refractivity contribution < 1.29 is 9.53 Å². The van der Waals surface area contributed by atoms with Crippen molar-refractivity contribution in [1.29, 1.82) is 0 Å². The summed E-state index contributed by atoms with van der Waals surface area (Å²) in [5, 5.41) is 10.4. The summed E-state index contributed by atoms with van der Waals surface area (Å²) >= 11 is 9.00. The lowest BCUT2D eigenvalue weighted by Gasteiger charge is -2.60. The van der Waals surface area contributed by atoms with Crippen LogP contribution in [0.2, 0.25) is 5.02 Å². The van der Waals surface area contributed by atoms with Gasteiger partial charge in [0.1, 0.15) is 5.60 Å². The van der Waals surface area contributed by atoms with Gasteiger partial charge in [-0.3, -0.25) is 0 Å². The molecule has 3 heterocycles. The van der Waals surface area contributed by atoms with Crippen molar-refractivity contribution in [2.24, 2.45) is 5.41 Å². The molecule has 2 saturated heterocycles. The number of ether oxygens (including phenoxy) is 1. The first kappa shape index (κ1) is 21.3. The fourth-order valence-corrected chi connectivity index (χ4v) is 4.93. The first-order chi connectivity index (χ1) is 14.1. The highest BCUT2D eigenvalue weighted by atomic mass is 127. The van der Waals surface area contributed by atoms with Crippen LogP contribution in [0.15, 0.2) is 12.1 Å². The second-order valence-corrected chi connectivity index (χ2v) is 10.1. The molecule has 0 bridgehead atoms. The Balaban J connectivity index is 1.40. The van der Waals surface area contributed by atoms with E-state index in [0.29, 0.717) is 11.0 Å². The molecule has 2 aliphatic heterocycles. The second kappa shape index (κ2) is 7.63. The van der Waals surface area contributed by atoms with Crippen LogP contribution >= 0.6 is 34.2 Å². The number of likely N-dealkylation sites (tertiary alicyclic amines) is 1. The average molecular weight is 546 g/mol. The van der Waals surface area contributed by atoms with Crippen LogP contribution in [0.5, 0.6) is 0 Å².